The number of nitrogens with zero attached hydrogens (tertiary/aromatic N) is 2. The van der Waals surface area contributed by atoms with E-state index in [-0.39, 0.29) is 5.75 Å². The van der Waals surface area contributed by atoms with Gasteiger partial charge in [-0.25, -0.2) is 4.98 Å². The number of pyridine rings is 1. The number of aromatic nitrogens is 2. The number of hydrogen-bond acceptors (Lipinski definition) is 3. The van der Waals surface area contributed by atoms with Gasteiger partial charge in [-0.3, -0.25) is 4.40 Å². The lowest BCUT2D eigenvalue weighted by Gasteiger charge is -2.09. The third kappa shape index (κ3) is 3.16. The number of hydrogen-bond donors (Lipinski definition) is 2. The second kappa shape index (κ2) is 6.49. The molecule has 2 aromatic carbocycles. The Hall–Kier alpha value is -2.98. The van der Waals surface area contributed by atoms with Crippen LogP contribution in [0.1, 0.15) is 5.56 Å². The fraction of sp³-hybridized carbons (Fsp3) is 0.0500. The second-order valence-electron chi connectivity index (χ2n) is 5.76. The summed E-state index contributed by atoms with van der Waals surface area (Å²) in [5.74, 6) is 1.15. The maximum absolute atomic E-state index is 9.54. The molecule has 25 heavy (non-hydrogen) atoms. The first-order valence-electron chi connectivity index (χ1n) is 7.95. The first kappa shape index (κ1) is 15.5. The van der Waals surface area contributed by atoms with Gasteiger partial charge in [0, 0.05) is 23.3 Å². The SMILES string of the molecule is Oc1ccc(-c2nc3ccccn3c2NCc2ccc(Cl)cc2)cc1. The first-order valence-corrected chi connectivity index (χ1v) is 8.33. The molecule has 0 saturated heterocycles. The van der Waals surface area contributed by atoms with Crippen LogP contribution in [0.3, 0.4) is 0 Å². The number of benzene rings is 2. The van der Waals surface area contributed by atoms with Crippen LogP contribution in [0.25, 0.3) is 16.9 Å². The fourth-order valence-electron chi connectivity index (χ4n) is 2.77. The monoisotopic (exact) mass is 349 g/mol. The van der Waals surface area contributed by atoms with Gasteiger partial charge in [-0.1, -0.05) is 29.8 Å². The average molecular weight is 350 g/mol. The lowest BCUT2D eigenvalue weighted by Crippen LogP contribution is -2.03. The van der Waals surface area contributed by atoms with Crippen LogP contribution in [-0.2, 0) is 6.54 Å². The van der Waals surface area contributed by atoms with Gasteiger partial charge in [0.15, 0.2) is 0 Å². The van der Waals surface area contributed by atoms with Crippen molar-refractivity contribution >= 4 is 23.1 Å². The Bertz CT molecular complexity index is 1010. The van der Waals surface area contributed by atoms with Crippen molar-refractivity contribution in [2.45, 2.75) is 6.54 Å². The maximum Gasteiger partial charge on any atom is 0.139 e. The number of aromatic hydroxyl groups is 1. The van der Waals surface area contributed by atoms with E-state index in [0.717, 1.165) is 33.3 Å². The average Bonchev–Trinajstić information content (AvgIpc) is 3.00. The van der Waals surface area contributed by atoms with Gasteiger partial charge in [-0.05, 0) is 54.1 Å². The summed E-state index contributed by atoms with van der Waals surface area (Å²) in [4.78, 5) is 4.74. The third-order valence-electron chi connectivity index (χ3n) is 4.04. The predicted molar refractivity (Wildman–Crippen MR) is 101 cm³/mol. The molecule has 0 radical (unpaired) electrons. The minimum absolute atomic E-state index is 0.239. The standard InChI is InChI=1S/C20H16ClN3O/c21-16-8-4-14(5-9-16)13-22-20-19(15-6-10-17(25)11-7-15)23-18-3-1-2-12-24(18)20/h1-12,22,25H,13H2. The van der Waals surface area contributed by atoms with E-state index in [1.165, 1.54) is 0 Å². The van der Waals surface area contributed by atoms with Crippen LogP contribution in [0.2, 0.25) is 5.02 Å². The number of phenols is 1. The number of phenolic OH excluding ortho intramolecular Hbond substituents is 1. The van der Waals surface area contributed by atoms with Gasteiger partial charge in [-0.15, -0.1) is 0 Å². The Morgan fingerprint density at radius 2 is 1.72 bits per heavy atom. The van der Waals surface area contributed by atoms with Crippen molar-refractivity contribution in [2.24, 2.45) is 0 Å². The third-order valence-corrected chi connectivity index (χ3v) is 4.30. The Balaban J connectivity index is 1.73. The molecule has 0 aliphatic heterocycles. The first-order chi connectivity index (χ1) is 12.2. The molecule has 0 atom stereocenters. The summed E-state index contributed by atoms with van der Waals surface area (Å²) in [5.41, 5.74) is 3.79. The van der Waals surface area contributed by atoms with E-state index >= 15 is 0 Å². The summed E-state index contributed by atoms with van der Waals surface area (Å²) in [6.07, 6.45) is 1.98. The van der Waals surface area contributed by atoms with Gasteiger partial charge in [-0.2, -0.15) is 0 Å². The zero-order valence-electron chi connectivity index (χ0n) is 13.4. The molecule has 4 nitrogen and oxygen atoms in total. The van der Waals surface area contributed by atoms with Crippen molar-refractivity contribution in [1.29, 1.82) is 0 Å². The minimum Gasteiger partial charge on any atom is -0.508 e. The molecule has 5 heteroatoms. The molecule has 2 aromatic heterocycles. The quantitative estimate of drug-likeness (QED) is 0.546. The molecule has 124 valence electrons. The normalized spacial score (nSPS) is 10.9. The lowest BCUT2D eigenvalue weighted by atomic mass is 10.1. The number of halogens is 1. The van der Waals surface area contributed by atoms with E-state index < -0.39 is 0 Å². The molecule has 2 heterocycles. The van der Waals surface area contributed by atoms with E-state index in [9.17, 15) is 5.11 Å². The van der Waals surface area contributed by atoms with Crippen LogP contribution >= 0.6 is 11.6 Å². The van der Waals surface area contributed by atoms with Crippen molar-refractivity contribution in [3.05, 3.63) is 83.5 Å². The van der Waals surface area contributed by atoms with E-state index in [2.05, 4.69) is 5.32 Å². The smallest absolute Gasteiger partial charge is 0.139 e. The van der Waals surface area contributed by atoms with Gasteiger partial charge in [0.05, 0.1) is 0 Å². The van der Waals surface area contributed by atoms with Crippen LogP contribution < -0.4 is 5.32 Å². The molecule has 0 unspecified atom stereocenters. The topological polar surface area (TPSA) is 49.6 Å². The summed E-state index contributed by atoms with van der Waals surface area (Å²) in [5, 5.41) is 13.7. The van der Waals surface area contributed by atoms with Crippen LogP contribution in [0.15, 0.2) is 72.9 Å². The summed E-state index contributed by atoms with van der Waals surface area (Å²) >= 11 is 5.95. The number of anilines is 1. The Labute approximate surface area is 150 Å². The van der Waals surface area contributed by atoms with Gasteiger partial charge in [0.1, 0.15) is 22.9 Å². The van der Waals surface area contributed by atoms with Gasteiger partial charge >= 0.3 is 0 Å². The number of fused-ring (bicyclic) bond motifs is 1. The van der Waals surface area contributed by atoms with Crippen LogP contribution in [0.4, 0.5) is 5.82 Å². The number of rotatable bonds is 4. The van der Waals surface area contributed by atoms with E-state index in [1.807, 2.05) is 65.2 Å². The number of nitrogens with one attached hydrogen (secondary N) is 1. The van der Waals surface area contributed by atoms with Crippen molar-refractivity contribution in [1.82, 2.24) is 9.38 Å². The van der Waals surface area contributed by atoms with Crippen LogP contribution in [0, 0.1) is 0 Å². The zero-order chi connectivity index (χ0) is 17.2. The predicted octanol–water partition coefficient (Wildman–Crippen LogP) is 4.97. The van der Waals surface area contributed by atoms with Gasteiger partial charge < -0.3 is 10.4 Å². The molecule has 0 amide bonds. The number of imidazole rings is 1. The highest BCUT2D eigenvalue weighted by molar-refractivity contribution is 6.30. The van der Waals surface area contributed by atoms with Crippen molar-refractivity contribution in [2.75, 3.05) is 5.32 Å². The highest BCUT2D eigenvalue weighted by atomic mass is 35.5. The second-order valence-corrected chi connectivity index (χ2v) is 6.20. The highest BCUT2D eigenvalue weighted by Gasteiger charge is 2.13. The van der Waals surface area contributed by atoms with Crippen molar-refractivity contribution < 1.29 is 5.11 Å². The maximum atomic E-state index is 9.54. The fourth-order valence-corrected chi connectivity index (χ4v) is 2.90. The highest BCUT2D eigenvalue weighted by Crippen LogP contribution is 2.30. The molecular formula is C20H16ClN3O. The lowest BCUT2D eigenvalue weighted by molar-refractivity contribution is 0.475. The summed E-state index contributed by atoms with van der Waals surface area (Å²) < 4.78 is 2.03. The summed E-state index contributed by atoms with van der Waals surface area (Å²) in [6.45, 7) is 0.658. The molecule has 0 spiro atoms. The zero-order valence-corrected chi connectivity index (χ0v) is 14.1. The largest absolute Gasteiger partial charge is 0.508 e. The molecule has 4 aromatic rings. The molecule has 0 aliphatic rings. The van der Waals surface area contributed by atoms with E-state index in [0.29, 0.717) is 6.54 Å². The molecule has 0 fully saturated rings. The molecule has 0 bridgehead atoms. The Morgan fingerprint density at radius 3 is 2.48 bits per heavy atom. The molecule has 0 saturated carbocycles. The van der Waals surface area contributed by atoms with E-state index in [4.69, 9.17) is 16.6 Å². The van der Waals surface area contributed by atoms with Crippen molar-refractivity contribution in [3.63, 3.8) is 0 Å². The minimum atomic E-state index is 0.239. The molecule has 0 aliphatic carbocycles. The summed E-state index contributed by atoms with van der Waals surface area (Å²) in [6, 6.07) is 20.7. The summed E-state index contributed by atoms with van der Waals surface area (Å²) in [7, 11) is 0. The van der Waals surface area contributed by atoms with E-state index in [1.54, 1.807) is 12.1 Å². The Kier molecular flexibility index (Phi) is 4.04. The Morgan fingerprint density at radius 1 is 0.960 bits per heavy atom. The van der Waals surface area contributed by atoms with Gasteiger partial charge in [0.2, 0.25) is 0 Å². The molecule has 4 rings (SSSR count). The van der Waals surface area contributed by atoms with Crippen molar-refractivity contribution in [3.8, 4) is 17.0 Å². The molecule has 2 N–H and O–H groups in total. The van der Waals surface area contributed by atoms with Crippen LogP contribution in [-0.4, -0.2) is 14.5 Å². The van der Waals surface area contributed by atoms with Gasteiger partial charge in [0.25, 0.3) is 0 Å². The van der Waals surface area contributed by atoms with Crippen LogP contribution in [0.5, 0.6) is 5.75 Å². The molecular weight excluding hydrogens is 334 g/mol.